The zero-order valence-electron chi connectivity index (χ0n) is 29.7. The number of ether oxygens (including phenoxy) is 1. The van der Waals surface area contributed by atoms with E-state index in [1.54, 1.807) is 20.8 Å². The molecule has 0 spiro atoms. The smallest absolute Gasteiger partial charge is 0.407 e. The number of rotatable bonds is 15. The molecule has 7 nitrogen and oxygen atoms in total. The lowest BCUT2D eigenvalue weighted by Gasteiger charge is -2.34. The highest BCUT2D eigenvalue weighted by atomic mass is 16.6. The molecule has 48 heavy (non-hydrogen) atoms. The molecule has 2 atom stereocenters. The summed E-state index contributed by atoms with van der Waals surface area (Å²) in [5.74, 6) is 0.0287. The quantitative estimate of drug-likeness (QED) is 0.159. The third kappa shape index (κ3) is 16.4. The highest BCUT2D eigenvalue weighted by Gasteiger charge is 2.28. The maximum atomic E-state index is 13.4. The molecule has 2 unspecified atom stereocenters. The van der Waals surface area contributed by atoms with Crippen molar-refractivity contribution in [2.24, 2.45) is 5.92 Å². The van der Waals surface area contributed by atoms with Gasteiger partial charge in [-0.2, -0.15) is 0 Å². The molecule has 0 bridgehead atoms. The summed E-state index contributed by atoms with van der Waals surface area (Å²) in [7, 11) is 0. The molecule has 0 radical (unpaired) electrons. The van der Waals surface area contributed by atoms with Gasteiger partial charge in [0.15, 0.2) is 0 Å². The van der Waals surface area contributed by atoms with E-state index >= 15 is 0 Å². The number of aryl methyl sites for hydroxylation is 3. The Bertz CT molecular complexity index is 1250. The molecule has 0 aromatic heterocycles. The number of aliphatic hydroxyl groups is 1. The first-order chi connectivity index (χ1) is 23.1. The summed E-state index contributed by atoms with van der Waals surface area (Å²) in [6, 6.07) is 31.7. The topological polar surface area (TPSA) is 90.9 Å². The van der Waals surface area contributed by atoms with Gasteiger partial charge in [-0.15, -0.1) is 0 Å². The van der Waals surface area contributed by atoms with Crippen molar-refractivity contribution in [1.29, 1.82) is 0 Å². The van der Waals surface area contributed by atoms with E-state index in [2.05, 4.69) is 95.3 Å². The van der Waals surface area contributed by atoms with Gasteiger partial charge in [0.05, 0.1) is 12.0 Å². The van der Waals surface area contributed by atoms with Crippen molar-refractivity contribution >= 4 is 12.0 Å². The number of aliphatic hydroxyl groups excluding tert-OH is 1. The number of likely N-dealkylation sites (tertiary alicyclic amines) is 1. The average Bonchev–Trinajstić information content (AvgIpc) is 3.08. The van der Waals surface area contributed by atoms with Gasteiger partial charge in [-0.1, -0.05) is 97.9 Å². The van der Waals surface area contributed by atoms with Crippen LogP contribution in [0.4, 0.5) is 4.79 Å². The van der Waals surface area contributed by atoms with Crippen molar-refractivity contribution in [3.05, 3.63) is 108 Å². The Balaban J connectivity index is 0.000000681. The summed E-state index contributed by atoms with van der Waals surface area (Å²) in [6.45, 7) is 9.57. The molecule has 3 aromatic carbocycles. The molecule has 3 N–H and O–H groups in total. The molecule has 1 saturated heterocycles. The van der Waals surface area contributed by atoms with Crippen LogP contribution in [0.3, 0.4) is 0 Å². The highest BCUT2D eigenvalue weighted by molar-refractivity contribution is 5.79. The van der Waals surface area contributed by atoms with Crippen molar-refractivity contribution < 1.29 is 19.4 Å². The number of β-amino-alcohol motifs (C(OH)–C–C–N with tert-alkyl or cyclic N) is 1. The predicted octanol–water partition coefficient (Wildman–Crippen LogP) is 7.36. The maximum absolute atomic E-state index is 13.4. The Morgan fingerprint density at radius 3 is 1.85 bits per heavy atom. The van der Waals surface area contributed by atoms with Gasteiger partial charge in [0.25, 0.3) is 0 Å². The second-order valence-corrected chi connectivity index (χ2v) is 13.9. The third-order valence-electron chi connectivity index (χ3n) is 8.55. The lowest BCUT2D eigenvalue weighted by atomic mass is 9.94. The summed E-state index contributed by atoms with van der Waals surface area (Å²) in [5.41, 5.74) is 3.50. The fraction of sp³-hybridized carbons (Fsp3) is 0.512. The number of amides is 2. The molecule has 0 aliphatic carbocycles. The second kappa shape index (κ2) is 21.3. The monoisotopic (exact) mass is 657 g/mol. The zero-order chi connectivity index (χ0) is 34.6. The number of alkyl carbamates (subject to hydrolysis) is 1. The molecule has 1 fully saturated rings. The van der Waals surface area contributed by atoms with Gasteiger partial charge in [0.1, 0.15) is 5.60 Å². The summed E-state index contributed by atoms with van der Waals surface area (Å²) < 4.78 is 5.24. The molecule has 3 aromatic rings. The van der Waals surface area contributed by atoms with E-state index in [-0.39, 0.29) is 24.4 Å². The molecule has 1 aliphatic rings. The fourth-order valence-electron chi connectivity index (χ4n) is 6.03. The number of piperidine rings is 1. The zero-order valence-corrected chi connectivity index (χ0v) is 29.7. The van der Waals surface area contributed by atoms with Gasteiger partial charge in [0.2, 0.25) is 5.91 Å². The first-order valence-corrected chi connectivity index (χ1v) is 17.9. The normalized spacial score (nSPS) is 15.6. The van der Waals surface area contributed by atoms with Gasteiger partial charge >= 0.3 is 6.09 Å². The SMILES string of the molecule is CC(C)(C)OC(=O)NCC(O)CN1CCCC(C(=O)NC(CCCc2ccccc2)CCCc2ccccc2)C1.CCc1ccccc1. The summed E-state index contributed by atoms with van der Waals surface area (Å²) in [4.78, 5) is 27.4. The summed E-state index contributed by atoms with van der Waals surface area (Å²) in [6.07, 6.45) is 7.67. The van der Waals surface area contributed by atoms with Crippen molar-refractivity contribution in [2.75, 3.05) is 26.2 Å². The third-order valence-corrected chi connectivity index (χ3v) is 8.55. The molecule has 262 valence electrons. The standard InChI is InChI=1S/C33H49N3O4.C8H10/c1-33(2,3)40-32(39)34-23-30(37)25-36-22-12-19-28(24-36)31(38)35-29(20-10-17-26-13-6-4-7-14-26)21-11-18-27-15-8-5-9-16-27;1-2-8-6-4-3-5-7-8/h4-9,13-16,28-30,37H,10-12,17-25H2,1-3H3,(H,34,39)(H,35,38);3-7H,2H2,1H3. The van der Waals surface area contributed by atoms with Crippen LogP contribution >= 0.6 is 0 Å². The summed E-state index contributed by atoms with van der Waals surface area (Å²) in [5, 5.41) is 16.5. The number of nitrogens with zero attached hydrogens (tertiary/aromatic N) is 1. The largest absolute Gasteiger partial charge is 0.444 e. The van der Waals surface area contributed by atoms with E-state index in [4.69, 9.17) is 4.74 Å². The van der Waals surface area contributed by atoms with E-state index < -0.39 is 17.8 Å². The van der Waals surface area contributed by atoms with E-state index in [9.17, 15) is 14.7 Å². The number of hydrogen-bond donors (Lipinski definition) is 3. The number of benzene rings is 3. The minimum Gasteiger partial charge on any atom is -0.444 e. The number of carbonyl (C=O) groups excluding carboxylic acids is 2. The van der Waals surface area contributed by atoms with Crippen LogP contribution in [0.5, 0.6) is 0 Å². The minimum atomic E-state index is -0.724. The number of hydrogen-bond acceptors (Lipinski definition) is 5. The molecule has 7 heteroatoms. The Hall–Kier alpha value is -3.68. The molecule has 1 heterocycles. The Kier molecular flexibility index (Phi) is 17.2. The van der Waals surface area contributed by atoms with Crippen LogP contribution in [0.25, 0.3) is 0 Å². The van der Waals surface area contributed by atoms with Crippen LogP contribution in [0.1, 0.15) is 82.9 Å². The lowest BCUT2D eigenvalue weighted by Crippen LogP contribution is -2.49. The first-order valence-electron chi connectivity index (χ1n) is 17.9. The number of carbonyl (C=O) groups is 2. The van der Waals surface area contributed by atoms with Crippen LogP contribution in [0, 0.1) is 5.92 Å². The van der Waals surface area contributed by atoms with Gasteiger partial charge in [0, 0.05) is 25.7 Å². The van der Waals surface area contributed by atoms with E-state index in [1.807, 2.05) is 18.2 Å². The van der Waals surface area contributed by atoms with Crippen molar-refractivity contribution in [2.45, 2.75) is 103 Å². The highest BCUT2D eigenvalue weighted by Crippen LogP contribution is 2.19. The summed E-state index contributed by atoms with van der Waals surface area (Å²) >= 11 is 0. The Labute approximate surface area is 289 Å². The molecule has 0 saturated carbocycles. The molecule has 2 amide bonds. The van der Waals surface area contributed by atoms with Crippen molar-refractivity contribution in [3.8, 4) is 0 Å². The predicted molar refractivity (Wildman–Crippen MR) is 196 cm³/mol. The van der Waals surface area contributed by atoms with Gasteiger partial charge in [-0.25, -0.2) is 4.79 Å². The average molecular weight is 658 g/mol. The van der Waals surface area contributed by atoms with Gasteiger partial charge in [-0.3, -0.25) is 9.69 Å². The lowest BCUT2D eigenvalue weighted by molar-refractivity contribution is -0.127. The molecule has 4 rings (SSSR count). The van der Waals surface area contributed by atoms with E-state index in [0.29, 0.717) is 13.1 Å². The van der Waals surface area contributed by atoms with Crippen LogP contribution in [-0.4, -0.2) is 65.9 Å². The van der Waals surface area contributed by atoms with Gasteiger partial charge < -0.3 is 20.5 Å². The van der Waals surface area contributed by atoms with E-state index in [0.717, 1.165) is 64.3 Å². The fourth-order valence-corrected chi connectivity index (χ4v) is 6.03. The number of nitrogens with one attached hydrogen (secondary N) is 2. The Morgan fingerprint density at radius 1 is 0.854 bits per heavy atom. The van der Waals surface area contributed by atoms with Crippen LogP contribution < -0.4 is 10.6 Å². The second-order valence-electron chi connectivity index (χ2n) is 13.9. The maximum Gasteiger partial charge on any atom is 0.407 e. The van der Waals surface area contributed by atoms with E-state index in [1.165, 1.54) is 16.7 Å². The molecule has 1 aliphatic heterocycles. The first kappa shape index (κ1) is 38.8. The van der Waals surface area contributed by atoms with Crippen molar-refractivity contribution in [1.82, 2.24) is 15.5 Å². The minimum absolute atomic E-state index is 0.0921. The van der Waals surface area contributed by atoms with Crippen molar-refractivity contribution in [3.63, 3.8) is 0 Å². The van der Waals surface area contributed by atoms with Crippen LogP contribution in [-0.2, 0) is 28.8 Å². The van der Waals surface area contributed by atoms with Crippen LogP contribution in [0.15, 0.2) is 91.0 Å². The van der Waals surface area contributed by atoms with Gasteiger partial charge in [-0.05, 0) is 102 Å². The van der Waals surface area contributed by atoms with Crippen LogP contribution in [0.2, 0.25) is 0 Å². The Morgan fingerprint density at radius 2 is 1.38 bits per heavy atom. The molecular formula is C41H59N3O4. The molecular weight excluding hydrogens is 598 g/mol.